The van der Waals surface area contributed by atoms with Gasteiger partial charge in [-0.3, -0.25) is 14.5 Å². The molecule has 1 atom stereocenters. The van der Waals surface area contributed by atoms with Crippen LogP contribution in [0.5, 0.6) is 0 Å². The van der Waals surface area contributed by atoms with Crippen LogP contribution in [0.15, 0.2) is 54.6 Å². The fourth-order valence-electron chi connectivity index (χ4n) is 2.25. The molecule has 132 valence electrons. The highest BCUT2D eigenvalue weighted by molar-refractivity contribution is 6.33. The van der Waals surface area contributed by atoms with Crippen LogP contribution >= 0.6 is 11.6 Å². The van der Waals surface area contributed by atoms with Gasteiger partial charge in [0.2, 0.25) is 11.8 Å². The zero-order chi connectivity index (χ0) is 18.2. The molecule has 2 N–H and O–H groups in total. The summed E-state index contributed by atoms with van der Waals surface area (Å²) in [6, 6.07) is 16.3. The normalized spacial score (nSPS) is 11.8. The molecule has 0 aliphatic heterocycles. The largest absolute Gasteiger partial charge is 0.351 e. The van der Waals surface area contributed by atoms with Crippen molar-refractivity contribution in [2.75, 3.05) is 18.9 Å². The first-order valence-corrected chi connectivity index (χ1v) is 8.41. The first-order chi connectivity index (χ1) is 12.0. The summed E-state index contributed by atoms with van der Waals surface area (Å²) in [6.07, 6.45) is 0. The smallest absolute Gasteiger partial charge is 0.238 e. The average molecular weight is 360 g/mol. The summed E-state index contributed by atoms with van der Waals surface area (Å²) in [5, 5.41) is 6.11. The fraction of sp³-hybridized carbons (Fsp3) is 0.263. The molecule has 0 heterocycles. The minimum absolute atomic E-state index is 0.0884. The third-order valence-electron chi connectivity index (χ3n) is 3.89. The Labute approximate surface area is 153 Å². The molecule has 0 aromatic heterocycles. The van der Waals surface area contributed by atoms with E-state index >= 15 is 0 Å². The van der Waals surface area contributed by atoms with Crippen LogP contribution in [-0.2, 0) is 16.1 Å². The van der Waals surface area contributed by atoms with Crippen LogP contribution in [0.2, 0.25) is 5.02 Å². The first kappa shape index (κ1) is 19.0. The van der Waals surface area contributed by atoms with Gasteiger partial charge < -0.3 is 10.6 Å². The number of para-hydroxylation sites is 1. The van der Waals surface area contributed by atoms with Gasteiger partial charge in [0.25, 0.3) is 0 Å². The Bertz CT molecular complexity index is 722. The lowest BCUT2D eigenvalue weighted by atomic mass is 10.2. The molecule has 0 aliphatic carbocycles. The Hall–Kier alpha value is -2.37. The predicted molar refractivity (Wildman–Crippen MR) is 100 cm³/mol. The number of hydrogen-bond donors (Lipinski definition) is 2. The van der Waals surface area contributed by atoms with E-state index in [-0.39, 0.29) is 18.4 Å². The minimum atomic E-state index is -0.430. The van der Waals surface area contributed by atoms with Crippen molar-refractivity contribution in [3.05, 3.63) is 65.2 Å². The quantitative estimate of drug-likeness (QED) is 0.799. The Morgan fingerprint density at radius 1 is 1.08 bits per heavy atom. The molecule has 2 aromatic rings. The van der Waals surface area contributed by atoms with E-state index < -0.39 is 6.04 Å². The number of rotatable bonds is 7. The monoisotopic (exact) mass is 359 g/mol. The van der Waals surface area contributed by atoms with Crippen LogP contribution < -0.4 is 10.6 Å². The summed E-state index contributed by atoms with van der Waals surface area (Å²) in [5.41, 5.74) is 1.59. The number of anilines is 1. The van der Waals surface area contributed by atoms with Crippen molar-refractivity contribution in [3.63, 3.8) is 0 Å². The average Bonchev–Trinajstić information content (AvgIpc) is 2.61. The SMILES string of the molecule is C[C@H](C(=O)NCc1ccccc1)N(C)CC(=O)Nc1ccccc1Cl. The second-order valence-electron chi connectivity index (χ2n) is 5.82. The molecule has 6 heteroatoms. The summed E-state index contributed by atoms with van der Waals surface area (Å²) in [6.45, 7) is 2.32. The van der Waals surface area contributed by atoms with Gasteiger partial charge in [-0.2, -0.15) is 0 Å². The zero-order valence-electron chi connectivity index (χ0n) is 14.3. The minimum Gasteiger partial charge on any atom is -0.351 e. The molecule has 2 rings (SSSR count). The molecule has 5 nitrogen and oxygen atoms in total. The fourth-order valence-corrected chi connectivity index (χ4v) is 2.43. The van der Waals surface area contributed by atoms with Crippen LogP contribution in [0.4, 0.5) is 5.69 Å². The summed E-state index contributed by atoms with van der Waals surface area (Å²) in [7, 11) is 1.74. The van der Waals surface area contributed by atoms with Gasteiger partial charge in [0.05, 0.1) is 23.3 Å². The number of amides is 2. The maximum absolute atomic E-state index is 12.2. The molecule has 0 saturated heterocycles. The highest BCUT2D eigenvalue weighted by atomic mass is 35.5. The summed E-state index contributed by atoms with van der Waals surface area (Å²) in [5.74, 6) is -0.352. The summed E-state index contributed by atoms with van der Waals surface area (Å²) >= 11 is 6.02. The molecular weight excluding hydrogens is 338 g/mol. The van der Waals surface area contributed by atoms with Gasteiger partial charge in [-0.1, -0.05) is 54.1 Å². The van der Waals surface area contributed by atoms with E-state index in [4.69, 9.17) is 11.6 Å². The Morgan fingerprint density at radius 2 is 1.72 bits per heavy atom. The third-order valence-corrected chi connectivity index (χ3v) is 4.22. The zero-order valence-corrected chi connectivity index (χ0v) is 15.1. The van der Waals surface area contributed by atoms with Crippen molar-refractivity contribution < 1.29 is 9.59 Å². The van der Waals surface area contributed by atoms with E-state index in [1.807, 2.05) is 30.3 Å². The molecule has 2 amide bonds. The van der Waals surface area contributed by atoms with Crippen molar-refractivity contribution in [3.8, 4) is 0 Å². The highest BCUT2D eigenvalue weighted by Gasteiger charge is 2.20. The van der Waals surface area contributed by atoms with Crippen molar-refractivity contribution in [1.82, 2.24) is 10.2 Å². The van der Waals surface area contributed by atoms with Gasteiger partial charge >= 0.3 is 0 Å². The topological polar surface area (TPSA) is 61.4 Å². The van der Waals surface area contributed by atoms with Gasteiger partial charge in [0, 0.05) is 6.54 Å². The molecule has 0 saturated carbocycles. The predicted octanol–water partition coefficient (Wildman–Crippen LogP) is 2.92. The van der Waals surface area contributed by atoms with E-state index in [0.717, 1.165) is 5.56 Å². The van der Waals surface area contributed by atoms with Crippen LogP contribution in [0.3, 0.4) is 0 Å². The maximum Gasteiger partial charge on any atom is 0.238 e. The first-order valence-electron chi connectivity index (χ1n) is 8.03. The van der Waals surface area contributed by atoms with E-state index in [1.165, 1.54) is 0 Å². The van der Waals surface area contributed by atoms with Gasteiger partial charge in [-0.25, -0.2) is 0 Å². The van der Waals surface area contributed by atoms with Gasteiger partial charge in [0.1, 0.15) is 0 Å². The standard InChI is InChI=1S/C19H22ClN3O2/c1-14(19(25)21-12-15-8-4-3-5-9-15)23(2)13-18(24)22-17-11-7-6-10-16(17)20/h3-11,14H,12-13H2,1-2H3,(H,21,25)(H,22,24)/t14-/m1/s1. The van der Waals surface area contributed by atoms with Crippen LogP contribution in [0, 0.1) is 0 Å². The van der Waals surface area contributed by atoms with Gasteiger partial charge in [0.15, 0.2) is 0 Å². The van der Waals surface area contributed by atoms with Crippen molar-refractivity contribution in [2.45, 2.75) is 19.5 Å². The van der Waals surface area contributed by atoms with E-state index in [1.54, 1.807) is 43.1 Å². The number of nitrogens with one attached hydrogen (secondary N) is 2. The Morgan fingerprint density at radius 3 is 2.40 bits per heavy atom. The lowest BCUT2D eigenvalue weighted by molar-refractivity contribution is -0.126. The molecule has 0 aliphatic rings. The maximum atomic E-state index is 12.2. The number of nitrogens with zero attached hydrogens (tertiary/aromatic N) is 1. The van der Waals surface area contributed by atoms with E-state index in [9.17, 15) is 9.59 Å². The number of likely N-dealkylation sites (N-methyl/N-ethyl adjacent to an activating group) is 1. The van der Waals surface area contributed by atoms with Crippen LogP contribution in [0.1, 0.15) is 12.5 Å². The Balaban J connectivity index is 1.82. The number of hydrogen-bond acceptors (Lipinski definition) is 3. The number of carbonyl (C=O) groups excluding carboxylic acids is 2. The number of carbonyl (C=O) groups is 2. The molecule has 0 spiro atoms. The van der Waals surface area contributed by atoms with Crippen molar-refractivity contribution >= 4 is 29.1 Å². The van der Waals surface area contributed by atoms with Crippen molar-refractivity contribution in [2.24, 2.45) is 0 Å². The van der Waals surface area contributed by atoms with Crippen LogP contribution in [0.25, 0.3) is 0 Å². The number of benzene rings is 2. The molecule has 0 bridgehead atoms. The molecule has 2 aromatic carbocycles. The summed E-state index contributed by atoms with van der Waals surface area (Å²) in [4.78, 5) is 26.1. The van der Waals surface area contributed by atoms with Gasteiger partial charge in [-0.15, -0.1) is 0 Å². The van der Waals surface area contributed by atoms with Crippen LogP contribution in [-0.4, -0.2) is 36.3 Å². The molecular formula is C19H22ClN3O2. The van der Waals surface area contributed by atoms with Gasteiger partial charge in [-0.05, 0) is 31.7 Å². The molecule has 0 unspecified atom stereocenters. The van der Waals surface area contributed by atoms with E-state index in [0.29, 0.717) is 17.3 Å². The number of halogens is 1. The second-order valence-corrected chi connectivity index (χ2v) is 6.23. The second kappa shape index (κ2) is 9.20. The van der Waals surface area contributed by atoms with Crippen molar-refractivity contribution in [1.29, 1.82) is 0 Å². The lowest BCUT2D eigenvalue weighted by Gasteiger charge is -2.23. The van der Waals surface area contributed by atoms with E-state index in [2.05, 4.69) is 10.6 Å². The Kier molecular flexibility index (Phi) is 6.98. The molecule has 0 fully saturated rings. The molecule has 25 heavy (non-hydrogen) atoms. The lowest BCUT2D eigenvalue weighted by Crippen LogP contribution is -2.45. The highest BCUT2D eigenvalue weighted by Crippen LogP contribution is 2.20. The third kappa shape index (κ3) is 5.89. The molecule has 0 radical (unpaired) electrons. The summed E-state index contributed by atoms with van der Waals surface area (Å²) < 4.78 is 0.